The minimum Gasteiger partial charge on any atom is -0.272 e. The lowest BCUT2D eigenvalue weighted by atomic mass is 10.0. The Morgan fingerprint density at radius 3 is 2.48 bits per heavy atom. The molecule has 2 aromatic carbocycles. The molecule has 0 atom stereocenters. The third-order valence-corrected chi connectivity index (χ3v) is 4.46. The minimum absolute atomic E-state index is 0.325. The van der Waals surface area contributed by atoms with Crippen LogP contribution >= 0.6 is 0 Å². The van der Waals surface area contributed by atoms with Gasteiger partial charge in [-0.3, -0.25) is 9.89 Å². The summed E-state index contributed by atoms with van der Waals surface area (Å²) >= 11 is 0. The molecule has 0 spiro atoms. The van der Waals surface area contributed by atoms with Crippen LogP contribution in [0.3, 0.4) is 0 Å². The Morgan fingerprint density at radius 1 is 1.15 bits per heavy atom. The number of hydrogen-bond acceptors (Lipinski definition) is 3. The molecule has 27 heavy (non-hydrogen) atoms. The molecule has 0 aliphatic rings. The van der Waals surface area contributed by atoms with Crippen LogP contribution in [-0.2, 0) is 6.42 Å². The van der Waals surface area contributed by atoms with Crippen LogP contribution in [0.25, 0.3) is 11.3 Å². The number of benzene rings is 2. The van der Waals surface area contributed by atoms with Gasteiger partial charge in [0.25, 0.3) is 5.91 Å². The number of amides is 1. The molecule has 0 unspecified atom stereocenters. The molecule has 1 aromatic heterocycles. The summed E-state index contributed by atoms with van der Waals surface area (Å²) in [5.74, 6) is 0.164. The van der Waals surface area contributed by atoms with E-state index in [0.717, 1.165) is 23.2 Å². The van der Waals surface area contributed by atoms with E-state index < -0.39 is 0 Å². The third-order valence-electron chi connectivity index (χ3n) is 4.46. The number of aryl methyl sites for hydroxylation is 1. The topological polar surface area (TPSA) is 70.1 Å². The van der Waals surface area contributed by atoms with Crippen molar-refractivity contribution in [2.45, 2.75) is 33.1 Å². The van der Waals surface area contributed by atoms with Crippen molar-refractivity contribution in [3.8, 4) is 11.3 Å². The maximum atomic E-state index is 12.2. The van der Waals surface area contributed by atoms with Crippen molar-refractivity contribution in [3.05, 3.63) is 77.0 Å². The predicted octanol–water partition coefficient (Wildman–Crippen LogP) is 4.53. The maximum Gasteiger partial charge on any atom is 0.289 e. The van der Waals surface area contributed by atoms with E-state index in [1.54, 1.807) is 12.3 Å². The Hall–Kier alpha value is -3.21. The average molecular weight is 360 g/mol. The summed E-state index contributed by atoms with van der Waals surface area (Å²) < 4.78 is 0. The van der Waals surface area contributed by atoms with E-state index in [1.807, 2.05) is 24.3 Å². The van der Waals surface area contributed by atoms with Crippen molar-refractivity contribution >= 4 is 12.1 Å². The van der Waals surface area contributed by atoms with Gasteiger partial charge in [-0.2, -0.15) is 10.2 Å². The lowest BCUT2D eigenvalue weighted by Gasteiger charge is -2.04. The number of hydrogen-bond donors (Lipinski definition) is 2. The highest BCUT2D eigenvalue weighted by Gasteiger charge is 2.10. The molecule has 1 amide bonds. The van der Waals surface area contributed by atoms with Gasteiger partial charge < -0.3 is 0 Å². The van der Waals surface area contributed by atoms with Crippen molar-refractivity contribution in [2.24, 2.45) is 5.10 Å². The van der Waals surface area contributed by atoms with E-state index in [0.29, 0.717) is 11.6 Å². The maximum absolute atomic E-state index is 12.2. The number of carbonyl (C=O) groups excluding carboxylic acids is 1. The van der Waals surface area contributed by atoms with Crippen LogP contribution in [0, 0.1) is 0 Å². The zero-order valence-corrected chi connectivity index (χ0v) is 15.9. The first-order valence-electron chi connectivity index (χ1n) is 9.15. The number of aromatic amines is 1. The monoisotopic (exact) mass is 360 g/mol. The molecule has 0 fully saturated rings. The molecule has 138 valence electrons. The zero-order valence-electron chi connectivity index (χ0n) is 15.9. The number of hydrazone groups is 1. The molecule has 3 aromatic rings. The van der Waals surface area contributed by atoms with Crippen LogP contribution in [0.4, 0.5) is 0 Å². The molecular weight excluding hydrogens is 336 g/mol. The Kier molecular flexibility index (Phi) is 5.81. The molecule has 2 N–H and O–H groups in total. The standard InChI is InChI=1S/C22H24N4O/c1-4-16-5-11-19(12-6-16)20-13-21(25-24-20)22(27)26-23-14-17-7-9-18(10-8-17)15(2)3/h5-15H,4H2,1-3H3,(H,24,25)(H,26,27)/b23-14-. The summed E-state index contributed by atoms with van der Waals surface area (Å²) in [7, 11) is 0. The summed E-state index contributed by atoms with van der Waals surface area (Å²) in [5, 5.41) is 11.0. The van der Waals surface area contributed by atoms with Crippen molar-refractivity contribution in [1.29, 1.82) is 0 Å². The second kappa shape index (κ2) is 8.45. The predicted molar refractivity (Wildman–Crippen MR) is 109 cm³/mol. The molecule has 0 saturated heterocycles. The lowest BCUT2D eigenvalue weighted by molar-refractivity contribution is 0.0950. The van der Waals surface area contributed by atoms with Crippen LogP contribution < -0.4 is 5.43 Å². The minimum atomic E-state index is -0.325. The van der Waals surface area contributed by atoms with Gasteiger partial charge in [-0.15, -0.1) is 0 Å². The quantitative estimate of drug-likeness (QED) is 0.501. The summed E-state index contributed by atoms with van der Waals surface area (Å²) in [6.07, 6.45) is 2.62. The molecule has 0 bridgehead atoms. The van der Waals surface area contributed by atoms with E-state index in [-0.39, 0.29) is 5.91 Å². The molecule has 1 heterocycles. The fourth-order valence-electron chi connectivity index (χ4n) is 2.69. The normalized spacial score (nSPS) is 11.3. The Balaban J connectivity index is 1.62. The highest BCUT2D eigenvalue weighted by molar-refractivity contribution is 5.94. The molecule has 5 heteroatoms. The first-order valence-corrected chi connectivity index (χ1v) is 9.15. The second-order valence-electron chi connectivity index (χ2n) is 6.74. The summed E-state index contributed by atoms with van der Waals surface area (Å²) in [5.41, 5.74) is 8.07. The molecule has 0 aliphatic heterocycles. The summed E-state index contributed by atoms with van der Waals surface area (Å²) in [4.78, 5) is 12.2. The first kappa shape index (κ1) is 18.6. The average Bonchev–Trinajstić information content (AvgIpc) is 3.19. The molecule has 0 aliphatic carbocycles. The van der Waals surface area contributed by atoms with Gasteiger partial charge in [-0.1, -0.05) is 69.3 Å². The lowest BCUT2D eigenvalue weighted by Crippen LogP contribution is -2.18. The van der Waals surface area contributed by atoms with Gasteiger partial charge in [-0.05, 0) is 35.1 Å². The number of rotatable bonds is 6. The van der Waals surface area contributed by atoms with E-state index in [2.05, 4.69) is 65.8 Å². The SMILES string of the molecule is CCc1ccc(-c2cc(C(=O)N/N=C\c3ccc(C(C)C)cc3)[nH]n2)cc1. The molecular formula is C22H24N4O. The molecule has 5 nitrogen and oxygen atoms in total. The van der Waals surface area contributed by atoms with Gasteiger partial charge in [0.05, 0.1) is 11.9 Å². The van der Waals surface area contributed by atoms with Gasteiger partial charge in [0.2, 0.25) is 0 Å². The van der Waals surface area contributed by atoms with E-state index in [1.165, 1.54) is 11.1 Å². The van der Waals surface area contributed by atoms with Crippen LogP contribution in [-0.4, -0.2) is 22.3 Å². The Labute approximate surface area is 159 Å². The summed E-state index contributed by atoms with van der Waals surface area (Å²) in [6, 6.07) is 18.0. The van der Waals surface area contributed by atoms with E-state index in [4.69, 9.17) is 0 Å². The van der Waals surface area contributed by atoms with Crippen molar-refractivity contribution in [3.63, 3.8) is 0 Å². The van der Waals surface area contributed by atoms with Gasteiger partial charge in [0.15, 0.2) is 0 Å². The third kappa shape index (κ3) is 4.70. The molecule has 3 rings (SSSR count). The number of aromatic nitrogens is 2. The van der Waals surface area contributed by atoms with Crippen LogP contribution in [0.5, 0.6) is 0 Å². The summed E-state index contributed by atoms with van der Waals surface area (Å²) in [6.45, 7) is 6.42. The highest BCUT2D eigenvalue weighted by Crippen LogP contribution is 2.18. The van der Waals surface area contributed by atoms with E-state index in [9.17, 15) is 4.79 Å². The Morgan fingerprint density at radius 2 is 1.85 bits per heavy atom. The van der Waals surface area contributed by atoms with Crippen LogP contribution in [0.1, 0.15) is 53.9 Å². The van der Waals surface area contributed by atoms with Crippen molar-refractivity contribution < 1.29 is 4.79 Å². The fraction of sp³-hybridized carbons (Fsp3) is 0.227. The number of nitrogens with one attached hydrogen (secondary N) is 2. The van der Waals surface area contributed by atoms with Gasteiger partial charge >= 0.3 is 0 Å². The fourth-order valence-corrected chi connectivity index (χ4v) is 2.69. The van der Waals surface area contributed by atoms with E-state index >= 15 is 0 Å². The number of nitrogens with zero attached hydrogens (tertiary/aromatic N) is 2. The largest absolute Gasteiger partial charge is 0.289 e. The highest BCUT2D eigenvalue weighted by atomic mass is 16.2. The number of H-pyrrole nitrogens is 1. The smallest absolute Gasteiger partial charge is 0.272 e. The molecule has 0 saturated carbocycles. The van der Waals surface area contributed by atoms with Crippen molar-refractivity contribution in [2.75, 3.05) is 0 Å². The number of carbonyl (C=O) groups is 1. The van der Waals surface area contributed by atoms with Gasteiger partial charge in [0.1, 0.15) is 5.69 Å². The Bertz CT molecular complexity index is 922. The van der Waals surface area contributed by atoms with Crippen LogP contribution in [0.2, 0.25) is 0 Å². The second-order valence-corrected chi connectivity index (χ2v) is 6.74. The molecule has 0 radical (unpaired) electrons. The zero-order chi connectivity index (χ0) is 19.2. The first-order chi connectivity index (χ1) is 13.1. The van der Waals surface area contributed by atoms with Gasteiger partial charge in [-0.25, -0.2) is 5.43 Å². The van der Waals surface area contributed by atoms with Gasteiger partial charge in [0, 0.05) is 5.56 Å². The van der Waals surface area contributed by atoms with Crippen LogP contribution in [0.15, 0.2) is 59.7 Å². The van der Waals surface area contributed by atoms with Crippen molar-refractivity contribution in [1.82, 2.24) is 15.6 Å².